The van der Waals surface area contributed by atoms with E-state index in [9.17, 15) is 9.50 Å². The summed E-state index contributed by atoms with van der Waals surface area (Å²) in [4.78, 5) is 0. The first kappa shape index (κ1) is 14.4. The van der Waals surface area contributed by atoms with E-state index in [-0.39, 0.29) is 11.8 Å². The molecule has 5 heteroatoms. The van der Waals surface area contributed by atoms with Crippen molar-refractivity contribution in [3.8, 4) is 5.75 Å². The number of aromatic nitrogens is 1. The summed E-state index contributed by atoms with van der Waals surface area (Å²) in [7, 11) is 0. The Hall–Kier alpha value is -1.59. The van der Waals surface area contributed by atoms with Gasteiger partial charge in [-0.25, -0.2) is 4.39 Å². The van der Waals surface area contributed by atoms with Gasteiger partial charge in [-0.3, -0.25) is 0 Å². The van der Waals surface area contributed by atoms with E-state index in [1.54, 1.807) is 6.07 Å². The molecule has 3 rings (SSSR count). The molecule has 0 fully saturated rings. The monoisotopic (exact) mass is 292 g/mol. The van der Waals surface area contributed by atoms with Gasteiger partial charge in [0.05, 0.1) is 5.52 Å². The molecule has 0 amide bonds. The lowest BCUT2D eigenvalue weighted by atomic mass is 10.0. The number of benzene rings is 1. The predicted octanol–water partition coefficient (Wildman–Crippen LogP) is 2.33. The molecule has 1 aromatic carbocycles. The molecule has 2 atom stereocenters. The summed E-state index contributed by atoms with van der Waals surface area (Å²) in [6.07, 6.45) is 1.82. The van der Waals surface area contributed by atoms with Gasteiger partial charge >= 0.3 is 0 Å². The number of hydrogen-bond acceptors (Lipinski definition) is 3. The van der Waals surface area contributed by atoms with Crippen molar-refractivity contribution < 1.29 is 14.2 Å². The highest BCUT2D eigenvalue weighted by molar-refractivity contribution is 5.87. The van der Waals surface area contributed by atoms with E-state index in [4.69, 9.17) is 10.5 Å². The van der Waals surface area contributed by atoms with E-state index in [1.807, 2.05) is 6.92 Å². The number of halogens is 1. The Morgan fingerprint density at radius 2 is 2.19 bits per heavy atom. The number of aryl methyl sites for hydroxylation is 1. The van der Waals surface area contributed by atoms with Crippen LogP contribution in [-0.4, -0.2) is 22.0 Å². The minimum atomic E-state index is -1.04. The third-order valence-corrected chi connectivity index (χ3v) is 3.96. The summed E-state index contributed by atoms with van der Waals surface area (Å²) >= 11 is 0. The van der Waals surface area contributed by atoms with Gasteiger partial charge in [0, 0.05) is 29.7 Å². The van der Waals surface area contributed by atoms with Crippen LogP contribution in [0, 0.1) is 5.82 Å². The fourth-order valence-electron chi connectivity index (χ4n) is 3.24. The molecule has 0 aliphatic carbocycles. The van der Waals surface area contributed by atoms with E-state index >= 15 is 0 Å². The van der Waals surface area contributed by atoms with Crippen LogP contribution in [0.3, 0.4) is 0 Å². The molecule has 1 unspecified atom stereocenters. The third-order valence-electron chi connectivity index (χ3n) is 3.96. The Bertz CT molecular complexity index is 677. The van der Waals surface area contributed by atoms with Crippen molar-refractivity contribution in [2.75, 3.05) is 0 Å². The molecular weight excluding hydrogens is 271 g/mol. The molecular formula is C16H21FN2O2. The van der Waals surface area contributed by atoms with Gasteiger partial charge in [-0.15, -0.1) is 0 Å². The second-order valence-corrected chi connectivity index (χ2v) is 5.88. The van der Waals surface area contributed by atoms with Gasteiger partial charge < -0.3 is 20.1 Å². The molecule has 0 saturated heterocycles. The molecule has 0 saturated carbocycles. The van der Waals surface area contributed by atoms with E-state index in [1.165, 1.54) is 24.2 Å². The summed E-state index contributed by atoms with van der Waals surface area (Å²) in [6, 6.07) is 3.25. The van der Waals surface area contributed by atoms with Crippen LogP contribution in [0.15, 0.2) is 12.1 Å². The molecule has 0 spiro atoms. The van der Waals surface area contributed by atoms with E-state index in [2.05, 4.69) is 4.57 Å². The molecule has 114 valence electrons. The molecule has 21 heavy (non-hydrogen) atoms. The van der Waals surface area contributed by atoms with Gasteiger partial charge in [-0.05, 0) is 44.7 Å². The lowest BCUT2D eigenvalue weighted by molar-refractivity contribution is -0.00295. The van der Waals surface area contributed by atoms with Crippen molar-refractivity contribution in [1.82, 2.24) is 4.57 Å². The molecule has 1 aliphatic heterocycles. The van der Waals surface area contributed by atoms with Crippen LogP contribution in [0.5, 0.6) is 5.75 Å². The summed E-state index contributed by atoms with van der Waals surface area (Å²) in [5, 5.41) is 10.3. The first-order chi connectivity index (χ1) is 9.97. The number of nitrogens with zero attached hydrogens (tertiary/aromatic N) is 1. The van der Waals surface area contributed by atoms with Gasteiger partial charge in [-0.2, -0.15) is 0 Å². The van der Waals surface area contributed by atoms with E-state index in [0.717, 1.165) is 36.7 Å². The minimum absolute atomic E-state index is 0.0482. The maximum Gasteiger partial charge on any atom is 0.194 e. The van der Waals surface area contributed by atoms with Crippen molar-refractivity contribution in [1.29, 1.82) is 0 Å². The number of aliphatic hydroxyl groups is 1. The lowest BCUT2D eigenvalue weighted by Gasteiger charge is -2.11. The van der Waals surface area contributed by atoms with Gasteiger partial charge in [0.1, 0.15) is 0 Å². The maximum atomic E-state index is 14.1. The van der Waals surface area contributed by atoms with Crippen molar-refractivity contribution >= 4 is 10.9 Å². The van der Waals surface area contributed by atoms with Crippen LogP contribution in [0.4, 0.5) is 4.39 Å². The fourth-order valence-corrected chi connectivity index (χ4v) is 3.24. The zero-order valence-electron chi connectivity index (χ0n) is 12.4. The SMILES string of the molecule is CC(N)Cc1c2n(c3cc(F)c(O[C@@H](C)O)cc13)CCC2. The quantitative estimate of drug-likeness (QED) is 0.850. The number of nitrogens with two attached hydrogens (primary N) is 1. The number of rotatable bonds is 4. The van der Waals surface area contributed by atoms with Gasteiger partial charge in [-0.1, -0.05) is 0 Å². The Morgan fingerprint density at radius 3 is 2.86 bits per heavy atom. The molecule has 0 radical (unpaired) electrons. The average Bonchev–Trinajstić information content (AvgIpc) is 2.94. The van der Waals surface area contributed by atoms with E-state index < -0.39 is 12.1 Å². The van der Waals surface area contributed by atoms with Gasteiger partial charge in [0.2, 0.25) is 0 Å². The van der Waals surface area contributed by atoms with Crippen LogP contribution in [0.1, 0.15) is 31.5 Å². The smallest absolute Gasteiger partial charge is 0.194 e. The topological polar surface area (TPSA) is 60.4 Å². The molecule has 4 nitrogen and oxygen atoms in total. The van der Waals surface area contributed by atoms with Crippen LogP contribution < -0.4 is 10.5 Å². The fraction of sp³-hybridized carbons (Fsp3) is 0.500. The standard InChI is InChI=1S/C16H21FN2O2/c1-9(18)6-11-12-7-16(21-10(2)20)13(17)8-15(12)19-5-3-4-14(11)19/h7-10,20H,3-6,18H2,1-2H3/t9?,10-/m0/s1. The van der Waals surface area contributed by atoms with Crippen molar-refractivity contribution in [2.45, 2.75) is 52.0 Å². The minimum Gasteiger partial charge on any atom is -0.462 e. The summed E-state index contributed by atoms with van der Waals surface area (Å²) in [5.74, 6) is -0.351. The van der Waals surface area contributed by atoms with Gasteiger partial charge in [0.15, 0.2) is 17.9 Å². The van der Waals surface area contributed by atoms with Crippen LogP contribution in [-0.2, 0) is 19.4 Å². The second-order valence-electron chi connectivity index (χ2n) is 5.88. The number of hydrogen-bond donors (Lipinski definition) is 2. The Labute approximate surface area is 123 Å². The highest BCUT2D eigenvalue weighted by atomic mass is 19.1. The zero-order chi connectivity index (χ0) is 15.1. The highest BCUT2D eigenvalue weighted by Gasteiger charge is 2.23. The van der Waals surface area contributed by atoms with Crippen LogP contribution >= 0.6 is 0 Å². The molecule has 3 N–H and O–H groups in total. The van der Waals surface area contributed by atoms with Crippen LogP contribution in [0.25, 0.3) is 10.9 Å². The Morgan fingerprint density at radius 1 is 1.43 bits per heavy atom. The number of fused-ring (bicyclic) bond motifs is 3. The third kappa shape index (κ3) is 2.51. The Kier molecular flexibility index (Phi) is 3.63. The van der Waals surface area contributed by atoms with E-state index in [0.29, 0.717) is 0 Å². The lowest BCUT2D eigenvalue weighted by Crippen LogP contribution is -2.18. The normalized spacial score (nSPS) is 17.0. The summed E-state index contributed by atoms with van der Waals surface area (Å²) < 4.78 is 21.5. The largest absolute Gasteiger partial charge is 0.462 e. The second kappa shape index (κ2) is 5.31. The Balaban J connectivity index is 2.18. The van der Waals surface area contributed by atoms with Crippen LogP contribution in [0.2, 0.25) is 0 Å². The molecule has 1 aliphatic rings. The number of ether oxygens (including phenoxy) is 1. The molecule has 2 aromatic rings. The molecule has 2 heterocycles. The predicted molar refractivity (Wildman–Crippen MR) is 79.9 cm³/mol. The average molecular weight is 292 g/mol. The van der Waals surface area contributed by atoms with Crippen molar-refractivity contribution in [3.05, 3.63) is 29.2 Å². The molecule has 1 aromatic heterocycles. The van der Waals surface area contributed by atoms with Crippen molar-refractivity contribution in [2.24, 2.45) is 5.73 Å². The first-order valence-corrected chi connectivity index (χ1v) is 7.41. The van der Waals surface area contributed by atoms with Crippen molar-refractivity contribution in [3.63, 3.8) is 0 Å². The molecule has 0 bridgehead atoms. The summed E-state index contributed by atoms with van der Waals surface area (Å²) in [5.41, 5.74) is 9.31. The van der Waals surface area contributed by atoms with Gasteiger partial charge in [0.25, 0.3) is 0 Å². The maximum absolute atomic E-state index is 14.1. The number of aliphatic hydroxyl groups excluding tert-OH is 1. The first-order valence-electron chi connectivity index (χ1n) is 7.41. The highest BCUT2D eigenvalue weighted by Crippen LogP contribution is 2.35. The zero-order valence-corrected chi connectivity index (χ0v) is 12.4. The summed E-state index contributed by atoms with van der Waals surface area (Å²) in [6.45, 7) is 4.36.